The highest BCUT2D eigenvalue weighted by molar-refractivity contribution is 5.11. The number of ether oxygens (including phenoxy) is 1. The van der Waals surface area contributed by atoms with Gasteiger partial charge in [-0.25, -0.2) is 4.79 Å². The van der Waals surface area contributed by atoms with Crippen molar-refractivity contribution >= 4 is 0 Å². The van der Waals surface area contributed by atoms with Gasteiger partial charge < -0.3 is 26.4 Å². The molecule has 10 nitrogen and oxygen atoms in total. The van der Waals surface area contributed by atoms with E-state index in [1.807, 2.05) is 0 Å². The maximum Gasteiger partial charge on any atom is 0.330 e. The van der Waals surface area contributed by atoms with Crippen molar-refractivity contribution in [3.05, 3.63) is 32.6 Å². The van der Waals surface area contributed by atoms with E-state index in [0.717, 1.165) is 0 Å². The summed E-state index contributed by atoms with van der Waals surface area (Å²) in [6.45, 7) is 4.92. The largest absolute Gasteiger partial charge is 0.394 e. The molecule has 0 radical (unpaired) electrons. The zero-order valence-electron chi connectivity index (χ0n) is 14.6. The van der Waals surface area contributed by atoms with Crippen LogP contribution in [0.3, 0.4) is 0 Å². The summed E-state index contributed by atoms with van der Waals surface area (Å²) in [5, 5.41) is 19.1. The number of rotatable bonds is 6. The second-order valence-corrected chi connectivity index (χ2v) is 6.47. The van der Waals surface area contributed by atoms with Gasteiger partial charge in [-0.2, -0.15) is 0 Å². The van der Waals surface area contributed by atoms with Gasteiger partial charge in [-0.05, 0) is 20.8 Å². The van der Waals surface area contributed by atoms with Gasteiger partial charge in [-0.3, -0.25) is 19.2 Å². The molecule has 0 aliphatic carbocycles. The van der Waals surface area contributed by atoms with Crippen molar-refractivity contribution in [3.63, 3.8) is 0 Å². The van der Waals surface area contributed by atoms with E-state index in [1.54, 1.807) is 25.7 Å². The Kier molecular flexibility index (Phi) is 6.14. The number of aromatic nitrogens is 2. The van der Waals surface area contributed by atoms with Crippen molar-refractivity contribution in [2.75, 3.05) is 6.61 Å². The number of nitrogens with two attached hydrogens (primary N) is 2. The Balaban J connectivity index is 2.41. The van der Waals surface area contributed by atoms with Crippen LogP contribution in [0.2, 0.25) is 0 Å². The van der Waals surface area contributed by atoms with Crippen LogP contribution >= 0.6 is 0 Å². The van der Waals surface area contributed by atoms with Crippen LogP contribution in [-0.4, -0.2) is 55.8 Å². The molecule has 142 valence electrons. The molecule has 7 N–H and O–H groups in total. The van der Waals surface area contributed by atoms with Crippen molar-refractivity contribution in [2.45, 2.75) is 64.0 Å². The third kappa shape index (κ3) is 4.00. The van der Waals surface area contributed by atoms with Crippen LogP contribution in [0.5, 0.6) is 0 Å². The average molecular weight is 357 g/mol. The summed E-state index contributed by atoms with van der Waals surface area (Å²) in [5.41, 5.74) is 11.0. The molecule has 0 amide bonds. The maximum atomic E-state index is 12.3. The normalized spacial score (nSPS) is 27.4. The van der Waals surface area contributed by atoms with E-state index in [1.165, 1.54) is 10.8 Å². The fourth-order valence-electron chi connectivity index (χ4n) is 3.30. The summed E-state index contributed by atoms with van der Waals surface area (Å²) < 4.78 is 6.71. The maximum absolute atomic E-state index is 12.3. The number of hydrogen-bond acceptors (Lipinski definition) is 8. The third-order valence-electron chi connectivity index (χ3n) is 4.53. The van der Waals surface area contributed by atoms with Gasteiger partial charge in [0.15, 0.2) is 0 Å². The molecule has 1 saturated heterocycles. The van der Waals surface area contributed by atoms with E-state index in [0.29, 0.717) is 5.56 Å². The second-order valence-electron chi connectivity index (χ2n) is 6.47. The molecule has 0 aromatic carbocycles. The van der Waals surface area contributed by atoms with Crippen LogP contribution in [0.15, 0.2) is 15.8 Å². The van der Waals surface area contributed by atoms with Crippen molar-refractivity contribution in [1.82, 2.24) is 14.5 Å². The number of aliphatic hydroxyl groups is 2. The van der Waals surface area contributed by atoms with E-state index in [9.17, 15) is 19.8 Å². The van der Waals surface area contributed by atoms with E-state index < -0.39 is 48.1 Å². The highest BCUT2D eigenvalue weighted by atomic mass is 16.5. The van der Waals surface area contributed by atoms with Gasteiger partial charge in [-0.15, -0.1) is 0 Å². The minimum atomic E-state index is -0.890. The lowest BCUT2D eigenvalue weighted by molar-refractivity contribution is -0.0461. The van der Waals surface area contributed by atoms with Gasteiger partial charge in [0.05, 0.1) is 30.6 Å². The molecule has 2 rings (SSSR count). The number of aliphatic hydroxyl groups excluding tert-OH is 2. The Labute approximate surface area is 145 Å². The third-order valence-corrected chi connectivity index (χ3v) is 4.53. The van der Waals surface area contributed by atoms with Crippen molar-refractivity contribution < 1.29 is 14.9 Å². The molecule has 0 spiro atoms. The quantitative estimate of drug-likeness (QED) is 0.371. The van der Waals surface area contributed by atoms with Gasteiger partial charge in [0, 0.05) is 18.7 Å². The van der Waals surface area contributed by atoms with Crippen LogP contribution in [0, 0.1) is 0 Å². The topological polar surface area (TPSA) is 160 Å². The predicted octanol–water partition coefficient (Wildman–Crippen LogP) is -1.85. The monoisotopic (exact) mass is 357 g/mol. The Hall–Kier alpha value is -1.56. The molecule has 1 fully saturated rings. The summed E-state index contributed by atoms with van der Waals surface area (Å²) >= 11 is 0. The summed E-state index contributed by atoms with van der Waals surface area (Å²) in [7, 11) is 0. The molecule has 25 heavy (non-hydrogen) atoms. The van der Waals surface area contributed by atoms with Crippen LogP contribution < -0.4 is 22.7 Å². The number of H-pyrrole nitrogens is 1. The molecule has 1 aromatic heterocycles. The average Bonchev–Trinajstić information content (AvgIpc) is 2.87. The SMILES string of the molecule is CC(N)N(C(C)N)C(C)c1cn([C@H]2C[C@H](O)[C@@H](CO)O2)c(=O)[nH]c1=O. The van der Waals surface area contributed by atoms with Crippen molar-refractivity contribution in [3.8, 4) is 0 Å². The minimum Gasteiger partial charge on any atom is -0.394 e. The minimum absolute atomic E-state index is 0.134. The van der Waals surface area contributed by atoms with Crippen LogP contribution in [-0.2, 0) is 4.74 Å². The van der Waals surface area contributed by atoms with Crippen LogP contribution in [0.4, 0.5) is 0 Å². The van der Waals surface area contributed by atoms with Gasteiger partial charge in [-0.1, -0.05) is 0 Å². The first-order chi connectivity index (χ1) is 11.7. The Morgan fingerprint density at radius 2 is 1.96 bits per heavy atom. The number of hydrogen-bond donors (Lipinski definition) is 5. The number of nitrogens with zero attached hydrogens (tertiary/aromatic N) is 2. The van der Waals surface area contributed by atoms with Gasteiger partial charge in [0.2, 0.25) is 0 Å². The molecule has 3 unspecified atom stereocenters. The zero-order chi connectivity index (χ0) is 18.9. The molecule has 0 saturated carbocycles. The lowest BCUT2D eigenvalue weighted by Crippen LogP contribution is -2.51. The zero-order valence-corrected chi connectivity index (χ0v) is 14.6. The highest BCUT2D eigenvalue weighted by Gasteiger charge is 2.35. The Morgan fingerprint density at radius 1 is 1.36 bits per heavy atom. The van der Waals surface area contributed by atoms with Crippen molar-refractivity contribution in [1.29, 1.82) is 0 Å². The first-order valence-electron chi connectivity index (χ1n) is 8.25. The first-order valence-corrected chi connectivity index (χ1v) is 8.25. The summed E-state index contributed by atoms with van der Waals surface area (Å²) in [6, 6.07) is -0.449. The lowest BCUT2D eigenvalue weighted by atomic mass is 10.1. The van der Waals surface area contributed by atoms with Crippen LogP contribution in [0.25, 0.3) is 0 Å². The first kappa shape index (κ1) is 19.8. The lowest BCUT2D eigenvalue weighted by Gasteiger charge is -2.35. The molecular formula is C15H27N5O5. The molecule has 0 bridgehead atoms. The molecule has 6 atom stereocenters. The van der Waals surface area contributed by atoms with E-state index in [2.05, 4.69) is 4.98 Å². The molecule has 1 aromatic rings. The number of nitrogens with one attached hydrogen (secondary N) is 1. The Morgan fingerprint density at radius 3 is 2.44 bits per heavy atom. The summed E-state index contributed by atoms with van der Waals surface area (Å²) in [6.07, 6.45) is -1.71. The molecule has 1 aliphatic heterocycles. The molecule has 1 aliphatic rings. The summed E-state index contributed by atoms with van der Waals surface area (Å²) in [5.74, 6) is 0. The fourth-order valence-corrected chi connectivity index (χ4v) is 3.30. The molecular weight excluding hydrogens is 330 g/mol. The van der Waals surface area contributed by atoms with E-state index in [4.69, 9.17) is 16.2 Å². The molecule has 10 heteroatoms. The summed E-state index contributed by atoms with van der Waals surface area (Å²) in [4.78, 5) is 28.4. The van der Waals surface area contributed by atoms with Gasteiger partial charge in [0.25, 0.3) is 5.56 Å². The van der Waals surface area contributed by atoms with Gasteiger partial charge in [0.1, 0.15) is 12.3 Å². The van der Waals surface area contributed by atoms with Crippen molar-refractivity contribution in [2.24, 2.45) is 11.5 Å². The Bertz CT molecular complexity index is 692. The molecule has 2 heterocycles. The fraction of sp³-hybridized carbons (Fsp3) is 0.733. The number of aromatic amines is 1. The van der Waals surface area contributed by atoms with E-state index in [-0.39, 0.29) is 13.0 Å². The highest BCUT2D eigenvalue weighted by Crippen LogP contribution is 2.28. The van der Waals surface area contributed by atoms with E-state index >= 15 is 0 Å². The second kappa shape index (κ2) is 7.77. The predicted molar refractivity (Wildman–Crippen MR) is 90.5 cm³/mol. The van der Waals surface area contributed by atoms with Crippen LogP contribution in [0.1, 0.15) is 45.0 Å². The smallest absolute Gasteiger partial charge is 0.330 e. The van der Waals surface area contributed by atoms with Gasteiger partial charge >= 0.3 is 5.69 Å². The standard InChI is InChI=1S/C15H27N5O5/c1-7(20(8(2)16)9(3)17)10-5-19(15(24)18-14(10)23)13-4-11(22)12(6-21)25-13/h5,7-9,11-13,21-22H,4,6,16-17H2,1-3H3,(H,18,23,24)/t7?,8?,9?,11-,12+,13+/m0/s1.